The molecular weight excluding hydrogens is 188 g/mol. The van der Waals surface area contributed by atoms with Gasteiger partial charge in [-0.25, -0.2) is 4.68 Å². The molecule has 0 saturated heterocycles. The first kappa shape index (κ1) is 12.0. The maximum absolute atomic E-state index is 11.7. The number of hydrogen-bond acceptors (Lipinski definition) is 2. The number of aromatic nitrogens is 2. The third-order valence-electron chi connectivity index (χ3n) is 2.64. The third-order valence-corrected chi connectivity index (χ3v) is 2.64. The van der Waals surface area contributed by atoms with Crippen LogP contribution in [0.15, 0.2) is 0 Å². The van der Waals surface area contributed by atoms with Crippen molar-refractivity contribution in [3.05, 3.63) is 17.0 Å². The Morgan fingerprint density at radius 1 is 1.27 bits per heavy atom. The monoisotopic (exact) mass is 208 g/mol. The van der Waals surface area contributed by atoms with Crippen LogP contribution in [0, 0.1) is 13.8 Å². The van der Waals surface area contributed by atoms with E-state index in [1.54, 1.807) is 4.68 Å². The fraction of sp³-hybridized carbons (Fsp3) is 0.667. The summed E-state index contributed by atoms with van der Waals surface area (Å²) >= 11 is 0. The van der Waals surface area contributed by atoms with Gasteiger partial charge in [-0.3, -0.25) is 4.79 Å². The SMILES string of the molecule is CCCC(=O)n1nc(C)c(CCC)c1C. The summed E-state index contributed by atoms with van der Waals surface area (Å²) < 4.78 is 1.57. The zero-order valence-electron chi connectivity index (χ0n) is 10.1. The molecule has 0 aliphatic carbocycles. The smallest absolute Gasteiger partial charge is 0.247 e. The summed E-state index contributed by atoms with van der Waals surface area (Å²) in [6.45, 7) is 8.12. The zero-order valence-corrected chi connectivity index (χ0v) is 10.1. The van der Waals surface area contributed by atoms with E-state index in [4.69, 9.17) is 0 Å². The lowest BCUT2D eigenvalue weighted by atomic mass is 10.1. The largest absolute Gasteiger partial charge is 0.273 e. The van der Waals surface area contributed by atoms with Crippen LogP contribution in [0.5, 0.6) is 0 Å². The van der Waals surface area contributed by atoms with Crippen LogP contribution in [0.1, 0.15) is 54.9 Å². The Morgan fingerprint density at radius 3 is 2.47 bits per heavy atom. The van der Waals surface area contributed by atoms with Crippen molar-refractivity contribution in [3.8, 4) is 0 Å². The number of aryl methyl sites for hydroxylation is 1. The molecule has 0 saturated carbocycles. The van der Waals surface area contributed by atoms with Gasteiger partial charge in [-0.15, -0.1) is 0 Å². The molecule has 0 amide bonds. The molecule has 0 aliphatic rings. The lowest BCUT2D eigenvalue weighted by Crippen LogP contribution is -2.13. The van der Waals surface area contributed by atoms with E-state index in [0.29, 0.717) is 6.42 Å². The molecule has 1 aromatic rings. The summed E-state index contributed by atoms with van der Waals surface area (Å²) in [5, 5.41) is 4.31. The Morgan fingerprint density at radius 2 is 1.93 bits per heavy atom. The van der Waals surface area contributed by atoms with Crippen molar-refractivity contribution in [2.75, 3.05) is 0 Å². The molecule has 3 nitrogen and oxygen atoms in total. The lowest BCUT2D eigenvalue weighted by Gasteiger charge is -2.02. The van der Waals surface area contributed by atoms with Gasteiger partial charge in [-0.1, -0.05) is 20.3 Å². The molecule has 0 fully saturated rings. The van der Waals surface area contributed by atoms with Crippen molar-refractivity contribution in [2.24, 2.45) is 0 Å². The van der Waals surface area contributed by atoms with Crippen LogP contribution in [0.25, 0.3) is 0 Å². The number of carbonyl (C=O) groups is 1. The van der Waals surface area contributed by atoms with Gasteiger partial charge >= 0.3 is 0 Å². The highest BCUT2D eigenvalue weighted by Crippen LogP contribution is 2.15. The van der Waals surface area contributed by atoms with E-state index in [1.165, 1.54) is 5.56 Å². The first-order valence-corrected chi connectivity index (χ1v) is 5.70. The van der Waals surface area contributed by atoms with Crippen molar-refractivity contribution in [3.63, 3.8) is 0 Å². The van der Waals surface area contributed by atoms with E-state index in [1.807, 2.05) is 20.8 Å². The summed E-state index contributed by atoms with van der Waals surface area (Å²) in [7, 11) is 0. The highest BCUT2D eigenvalue weighted by atomic mass is 16.2. The highest BCUT2D eigenvalue weighted by molar-refractivity contribution is 5.79. The van der Waals surface area contributed by atoms with Gasteiger partial charge in [-0.2, -0.15) is 5.10 Å². The number of carbonyl (C=O) groups excluding carboxylic acids is 1. The molecule has 0 N–H and O–H groups in total. The van der Waals surface area contributed by atoms with Crippen LogP contribution in [0.2, 0.25) is 0 Å². The molecule has 0 radical (unpaired) electrons. The van der Waals surface area contributed by atoms with Gasteiger partial charge in [0, 0.05) is 12.1 Å². The van der Waals surface area contributed by atoms with Crippen molar-refractivity contribution in [1.82, 2.24) is 9.78 Å². The summed E-state index contributed by atoms with van der Waals surface area (Å²) in [6.07, 6.45) is 3.56. The molecule has 0 aliphatic heterocycles. The first-order valence-electron chi connectivity index (χ1n) is 5.70. The first-order chi connectivity index (χ1) is 7.11. The standard InChI is InChI=1S/C12H20N2O/c1-5-7-11-9(3)13-14(10(11)4)12(15)8-6-2/h5-8H2,1-4H3. The van der Waals surface area contributed by atoms with Crippen LogP contribution in [-0.4, -0.2) is 15.7 Å². The Kier molecular flexibility index (Phi) is 4.06. The number of nitrogens with zero attached hydrogens (tertiary/aromatic N) is 2. The summed E-state index contributed by atoms with van der Waals surface area (Å²) in [6, 6.07) is 0. The molecule has 0 unspecified atom stereocenters. The maximum atomic E-state index is 11.7. The Labute approximate surface area is 91.5 Å². The molecule has 15 heavy (non-hydrogen) atoms. The molecular formula is C12H20N2O. The molecule has 84 valence electrons. The second kappa shape index (κ2) is 5.10. The molecule has 1 heterocycles. The van der Waals surface area contributed by atoms with E-state index in [9.17, 15) is 4.79 Å². The molecule has 1 aromatic heterocycles. The molecule has 0 bridgehead atoms. The topological polar surface area (TPSA) is 34.9 Å². The van der Waals surface area contributed by atoms with Gasteiger partial charge in [0.2, 0.25) is 5.91 Å². The normalized spacial score (nSPS) is 10.7. The number of hydrogen-bond donors (Lipinski definition) is 0. The Balaban J connectivity index is 3.00. The van der Waals surface area contributed by atoms with Crippen LogP contribution in [0.4, 0.5) is 0 Å². The molecule has 1 rings (SSSR count). The van der Waals surface area contributed by atoms with Crippen molar-refractivity contribution >= 4 is 5.91 Å². The fourth-order valence-electron chi connectivity index (χ4n) is 1.85. The van der Waals surface area contributed by atoms with Crippen LogP contribution >= 0.6 is 0 Å². The number of rotatable bonds is 4. The van der Waals surface area contributed by atoms with Crippen LogP contribution in [-0.2, 0) is 6.42 Å². The van der Waals surface area contributed by atoms with Crippen molar-refractivity contribution < 1.29 is 4.79 Å². The average Bonchev–Trinajstić information content (AvgIpc) is 2.47. The van der Waals surface area contributed by atoms with Crippen LogP contribution in [0.3, 0.4) is 0 Å². The predicted octanol–water partition coefficient (Wildman–Crippen LogP) is 2.89. The minimum Gasteiger partial charge on any atom is -0.273 e. The second-order valence-corrected chi connectivity index (χ2v) is 3.95. The zero-order chi connectivity index (χ0) is 11.4. The van der Waals surface area contributed by atoms with E-state index in [2.05, 4.69) is 12.0 Å². The van der Waals surface area contributed by atoms with Gasteiger partial charge in [-0.05, 0) is 32.3 Å². The van der Waals surface area contributed by atoms with Gasteiger partial charge in [0.05, 0.1) is 5.69 Å². The minimum atomic E-state index is 0.112. The van der Waals surface area contributed by atoms with E-state index >= 15 is 0 Å². The Hall–Kier alpha value is -1.12. The molecule has 0 atom stereocenters. The van der Waals surface area contributed by atoms with Crippen molar-refractivity contribution in [2.45, 2.75) is 53.4 Å². The highest BCUT2D eigenvalue weighted by Gasteiger charge is 2.14. The van der Waals surface area contributed by atoms with E-state index in [0.717, 1.165) is 30.7 Å². The fourth-order valence-corrected chi connectivity index (χ4v) is 1.85. The summed E-state index contributed by atoms with van der Waals surface area (Å²) in [4.78, 5) is 11.7. The van der Waals surface area contributed by atoms with Gasteiger partial charge in [0.15, 0.2) is 0 Å². The van der Waals surface area contributed by atoms with Crippen LogP contribution < -0.4 is 0 Å². The summed E-state index contributed by atoms with van der Waals surface area (Å²) in [5.74, 6) is 0.112. The molecule has 0 spiro atoms. The lowest BCUT2D eigenvalue weighted by molar-refractivity contribution is 0.0883. The average molecular weight is 208 g/mol. The van der Waals surface area contributed by atoms with Gasteiger partial charge in [0.25, 0.3) is 0 Å². The predicted molar refractivity (Wildman–Crippen MR) is 61.2 cm³/mol. The third kappa shape index (κ3) is 2.46. The van der Waals surface area contributed by atoms with Gasteiger partial charge < -0.3 is 0 Å². The Bertz CT molecular complexity index is 353. The molecule has 0 aromatic carbocycles. The van der Waals surface area contributed by atoms with Gasteiger partial charge in [0.1, 0.15) is 0 Å². The van der Waals surface area contributed by atoms with E-state index < -0.39 is 0 Å². The second-order valence-electron chi connectivity index (χ2n) is 3.95. The minimum absolute atomic E-state index is 0.112. The van der Waals surface area contributed by atoms with E-state index in [-0.39, 0.29) is 5.91 Å². The molecule has 3 heteroatoms. The van der Waals surface area contributed by atoms with Crippen molar-refractivity contribution in [1.29, 1.82) is 0 Å². The summed E-state index contributed by atoms with van der Waals surface area (Å²) in [5.41, 5.74) is 3.26. The maximum Gasteiger partial charge on any atom is 0.247 e. The quantitative estimate of drug-likeness (QED) is 0.762.